The Kier molecular flexibility index (Phi) is 3.91. The number of carbonyl (C=O) groups excluding carboxylic acids is 1. The molecule has 0 atom stereocenters. The summed E-state index contributed by atoms with van der Waals surface area (Å²) in [4.78, 5) is 14.7. The van der Waals surface area contributed by atoms with Crippen LogP contribution in [0.3, 0.4) is 0 Å². The second kappa shape index (κ2) is 5.50. The van der Waals surface area contributed by atoms with Crippen LogP contribution in [0.5, 0.6) is 0 Å². The van der Waals surface area contributed by atoms with Crippen LogP contribution in [0, 0.1) is 6.92 Å². The van der Waals surface area contributed by atoms with E-state index in [-0.39, 0.29) is 28.6 Å². The van der Waals surface area contributed by atoms with Gasteiger partial charge in [0.2, 0.25) is 21.8 Å². The molecule has 1 aromatic heterocycles. The van der Waals surface area contributed by atoms with Crippen molar-refractivity contribution in [2.24, 2.45) is 5.73 Å². The number of aromatic nitrogens is 2. The minimum absolute atomic E-state index is 0.0829. The molecule has 0 saturated carbocycles. The third-order valence-corrected chi connectivity index (χ3v) is 4.04. The van der Waals surface area contributed by atoms with E-state index in [2.05, 4.69) is 14.9 Å². The third-order valence-electron chi connectivity index (χ3n) is 2.57. The number of carbonyl (C=O) groups is 1. The fourth-order valence-electron chi connectivity index (χ4n) is 1.59. The van der Waals surface area contributed by atoms with Gasteiger partial charge in [0.1, 0.15) is 4.90 Å². The zero-order valence-electron chi connectivity index (χ0n) is 11.0. The van der Waals surface area contributed by atoms with Crippen molar-refractivity contribution in [3.8, 4) is 0 Å². The van der Waals surface area contributed by atoms with Crippen LogP contribution in [0.1, 0.15) is 22.1 Å². The van der Waals surface area contributed by atoms with E-state index >= 15 is 0 Å². The minimum atomic E-state index is -3.88. The van der Waals surface area contributed by atoms with E-state index in [4.69, 9.17) is 16.0 Å². The van der Waals surface area contributed by atoms with E-state index in [1.807, 2.05) is 0 Å². The second-order valence-electron chi connectivity index (χ2n) is 4.18. The number of nitrogens with zero attached hydrogens (tertiary/aromatic N) is 2. The summed E-state index contributed by atoms with van der Waals surface area (Å²) in [5.41, 5.74) is 10.8. The Morgan fingerprint density at radius 1 is 1.43 bits per heavy atom. The molecule has 112 valence electrons. The van der Waals surface area contributed by atoms with Crippen molar-refractivity contribution in [2.75, 3.05) is 5.73 Å². The lowest BCUT2D eigenvalue weighted by Crippen LogP contribution is -2.24. The van der Waals surface area contributed by atoms with Gasteiger partial charge in [-0.3, -0.25) is 4.79 Å². The summed E-state index contributed by atoms with van der Waals surface area (Å²) in [5.74, 6) is -0.169. The first-order valence-electron chi connectivity index (χ1n) is 5.78. The number of hydrogen-bond acceptors (Lipinski definition) is 7. The number of aryl methyl sites for hydroxylation is 1. The van der Waals surface area contributed by atoms with Gasteiger partial charge in [0.05, 0.1) is 12.2 Å². The Bertz CT molecular complexity index is 784. The first kappa shape index (κ1) is 14.9. The van der Waals surface area contributed by atoms with Crippen LogP contribution >= 0.6 is 0 Å². The molecule has 0 radical (unpaired) electrons. The molecule has 0 saturated heterocycles. The molecule has 1 aromatic carbocycles. The van der Waals surface area contributed by atoms with E-state index in [9.17, 15) is 13.2 Å². The topological polar surface area (TPSA) is 154 Å². The van der Waals surface area contributed by atoms with Crippen molar-refractivity contribution in [1.82, 2.24) is 14.9 Å². The first-order chi connectivity index (χ1) is 9.79. The number of sulfonamides is 1. The van der Waals surface area contributed by atoms with Crippen molar-refractivity contribution in [1.29, 1.82) is 0 Å². The number of amides is 1. The monoisotopic (exact) mass is 311 g/mol. The molecule has 5 N–H and O–H groups in total. The molecule has 0 aliphatic rings. The van der Waals surface area contributed by atoms with E-state index < -0.39 is 15.9 Å². The van der Waals surface area contributed by atoms with Gasteiger partial charge in [-0.05, 0) is 25.1 Å². The van der Waals surface area contributed by atoms with Gasteiger partial charge in [0.15, 0.2) is 5.82 Å². The van der Waals surface area contributed by atoms with Crippen LogP contribution in [-0.4, -0.2) is 24.5 Å². The highest BCUT2D eigenvalue weighted by molar-refractivity contribution is 7.89. The standard InChI is InChI=1S/C11H13N5O4S/c1-6-15-10(20-16-6)5-14-21(18,19)9-3-2-7(11(13)17)4-8(9)12/h2-4,14H,5,12H2,1H3,(H2,13,17). The number of nitrogens with one attached hydrogen (secondary N) is 1. The summed E-state index contributed by atoms with van der Waals surface area (Å²) in [5, 5.41) is 3.54. The highest BCUT2D eigenvalue weighted by Crippen LogP contribution is 2.19. The molecule has 0 aliphatic carbocycles. The number of anilines is 1. The molecule has 1 amide bonds. The average molecular weight is 311 g/mol. The van der Waals surface area contributed by atoms with Crippen LogP contribution in [-0.2, 0) is 16.6 Å². The first-order valence-corrected chi connectivity index (χ1v) is 7.26. The highest BCUT2D eigenvalue weighted by atomic mass is 32.2. The highest BCUT2D eigenvalue weighted by Gasteiger charge is 2.19. The van der Waals surface area contributed by atoms with Crippen LogP contribution in [0.25, 0.3) is 0 Å². The van der Waals surface area contributed by atoms with Crippen molar-refractivity contribution < 1.29 is 17.7 Å². The smallest absolute Gasteiger partial charge is 0.248 e. The summed E-state index contributed by atoms with van der Waals surface area (Å²) in [7, 11) is -3.88. The normalized spacial score (nSPS) is 11.5. The Hall–Kier alpha value is -2.46. The van der Waals surface area contributed by atoms with Crippen LogP contribution in [0.2, 0.25) is 0 Å². The van der Waals surface area contributed by atoms with Crippen LogP contribution in [0.15, 0.2) is 27.6 Å². The quantitative estimate of drug-likeness (QED) is 0.631. The SMILES string of the molecule is Cc1noc(CNS(=O)(=O)c2ccc(C(N)=O)cc2N)n1. The van der Waals surface area contributed by atoms with E-state index in [0.29, 0.717) is 5.82 Å². The molecular formula is C11H13N5O4S. The van der Waals surface area contributed by atoms with Gasteiger partial charge in [-0.1, -0.05) is 5.16 Å². The molecule has 0 spiro atoms. The van der Waals surface area contributed by atoms with E-state index in [1.54, 1.807) is 6.92 Å². The molecule has 21 heavy (non-hydrogen) atoms. The summed E-state index contributed by atoms with van der Waals surface area (Å²) in [6, 6.07) is 3.69. The number of primary amides is 1. The molecule has 0 aliphatic heterocycles. The molecular weight excluding hydrogens is 298 g/mol. The maximum atomic E-state index is 12.1. The number of hydrogen-bond donors (Lipinski definition) is 3. The summed E-state index contributed by atoms with van der Waals surface area (Å²) >= 11 is 0. The predicted molar refractivity (Wildman–Crippen MR) is 72.4 cm³/mol. The van der Waals surface area contributed by atoms with Gasteiger partial charge in [0, 0.05) is 5.56 Å². The number of nitrogen functional groups attached to an aromatic ring is 1. The fraction of sp³-hybridized carbons (Fsp3) is 0.182. The van der Waals surface area contributed by atoms with Gasteiger partial charge in [-0.25, -0.2) is 13.1 Å². The van der Waals surface area contributed by atoms with Crippen LogP contribution in [0.4, 0.5) is 5.69 Å². The summed E-state index contributed by atoms with van der Waals surface area (Å²) < 4.78 is 31.3. The molecule has 2 rings (SSSR count). The Labute approximate surface area is 120 Å². The Morgan fingerprint density at radius 2 is 2.14 bits per heavy atom. The van der Waals surface area contributed by atoms with Crippen molar-refractivity contribution in [2.45, 2.75) is 18.4 Å². The van der Waals surface area contributed by atoms with Crippen molar-refractivity contribution in [3.05, 3.63) is 35.5 Å². The molecule has 0 unspecified atom stereocenters. The van der Waals surface area contributed by atoms with Gasteiger partial charge in [0.25, 0.3) is 0 Å². The lowest BCUT2D eigenvalue weighted by Gasteiger charge is -2.08. The molecule has 0 fully saturated rings. The van der Waals surface area contributed by atoms with Crippen molar-refractivity contribution >= 4 is 21.6 Å². The molecule has 2 aromatic rings. The number of rotatable bonds is 5. The van der Waals surface area contributed by atoms with Gasteiger partial charge < -0.3 is 16.0 Å². The zero-order chi connectivity index (χ0) is 15.6. The minimum Gasteiger partial charge on any atom is -0.398 e. The Morgan fingerprint density at radius 3 is 2.67 bits per heavy atom. The fourth-order valence-corrected chi connectivity index (χ4v) is 2.68. The van der Waals surface area contributed by atoms with E-state index in [1.165, 1.54) is 18.2 Å². The second-order valence-corrected chi connectivity index (χ2v) is 5.91. The molecule has 10 heteroatoms. The van der Waals surface area contributed by atoms with Crippen molar-refractivity contribution in [3.63, 3.8) is 0 Å². The van der Waals surface area contributed by atoms with Gasteiger partial charge in [-0.2, -0.15) is 4.98 Å². The lowest BCUT2D eigenvalue weighted by atomic mass is 10.2. The van der Waals surface area contributed by atoms with E-state index in [0.717, 1.165) is 0 Å². The van der Waals surface area contributed by atoms with Crippen LogP contribution < -0.4 is 16.2 Å². The lowest BCUT2D eigenvalue weighted by molar-refractivity contribution is 0.1000. The van der Waals surface area contributed by atoms with Gasteiger partial charge in [-0.15, -0.1) is 0 Å². The summed E-state index contributed by atoms with van der Waals surface area (Å²) in [6.45, 7) is 1.45. The predicted octanol–water partition coefficient (Wildman–Crippen LogP) is -0.462. The molecule has 0 bridgehead atoms. The molecule has 1 heterocycles. The number of nitrogens with two attached hydrogens (primary N) is 2. The molecule has 9 nitrogen and oxygen atoms in total. The van der Waals surface area contributed by atoms with Gasteiger partial charge >= 0.3 is 0 Å². The third kappa shape index (κ3) is 3.35. The average Bonchev–Trinajstić information content (AvgIpc) is 2.82. The maximum absolute atomic E-state index is 12.1. The maximum Gasteiger partial charge on any atom is 0.248 e. The number of benzene rings is 1. The Balaban J connectivity index is 2.21. The largest absolute Gasteiger partial charge is 0.398 e. The summed E-state index contributed by atoms with van der Waals surface area (Å²) in [6.07, 6.45) is 0. The zero-order valence-corrected chi connectivity index (χ0v) is 11.8.